The third kappa shape index (κ3) is 13.2. The predicted octanol–water partition coefficient (Wildman–Crippen LogP) is 23.8. The molecule has 5 aliphatic rings. The Kier molecular flexibility index (Phi) is 18.5. The molecule has 518 valence electrons. The number of nitrogens with zero attached hydrogens (tertiary/aromatic N) is 6. The fraction of sp³-hybridized carbons (Fsp3) is 0.188. The third-order valence-corrected chi connectivity index (χ3v) is 23.1. The standard InChI is InChI=1S/C45H35N3.C27H18ClN3.C24H29BO2/c1-4-13-32(14-5-1)42-46-43(33-15-6-2-7-16-33)48-44(47-42)34-23-21-31(22-24-34)35-17-12-18-36(29-35)37-25-26-41-39(30-37)38-19-8-9-20-40(38)45(41)27-10-3-11-28-45;28-24-13-7-12-23(18-24)19-14-16-22(17-15-19)27-30-25(20-8-3-1-4-9-20)29-26(31-27)21-10-5-2-6-11-21;1-22(2)23(3,4)27-25(26-22)17-12-13-21-19(16-17)18-10-6-7-11-20(18)24(21)14-8-5-9-15-24/h1-2,4-9,12-26,29-30H,3,10-11,27-28H2;1-18H;6-7,10-13,16H,5,8-9,14-15H2,1-4H3. The van der Waals surface area contributed by atoms with Crippen molar-refractivity contribution >= 4 is 24.2 Å². The number of hydrogen-bond donors (Lipinski definition) is 0. The van der Waals surface area contributed by atoms with E-state index in [9.17, 15) is 0 Å². The quantitative estimate of drug-likeness (QED) is 0.125. The van der Waals surface area contributed by atoms with Crippen molar-refractivity contribution in [3.8, 4) is 124 Å². The van der Waals surface area contributed by atoms with Gasteiger partial charge in [-0.15, -0.1) is 0 Å². The largest absolute Gasteiger partial charge is 0.494 e. The minimum absolute atomic E-state index is 0.189. The van der Waals surface area contributed by atoms with Gasteiger partial charge in [0, 0.05) is 49.2 Å². The molecule has 4 aliphatic carbocycles. The maximum absolute atomic E-state index is 6.31. The Bertz CT molecular complexity index is 5380. The number of fused-ring (bicyclic) bond motifs is 10. The second kappa shape index (κ2) is 28.8. The molecular formula is C96H82BClN6O2. The van der Waals surface area contributed by atoms with Crippen LogP contribution in [0, 0.1) is 0 Å². The van der Waals surface area contributed by atoms with Crippen LogP contribution in [0.3, 0.4) is 0 Å². The van der Waals surface area contributed by atoms with E-state index in [1.54, 1.807) is 0 Å². The molecule has 0 N–H and O–H groups in total. The second-order valence-electron chi connectivity index (χ2n) is 29.9. The van der Waals surface area contributed by atoms with Crippen molar-refractivity contribution in [1.29, 1.82) is 0 Å². The van der Waals surface area contributed by atoms with Gasteiger partial charge in [0.2, 0.25) is 0 Å². The number of hydrogen-bond acceptors (Lipinski definition) is 8. The molecule has 0 radical (unpaired) electrons. The molecule has 0 atom stereocenters. The first-order valence-corrected chi connectivity index (χ1v) is 37.9. The van der Waals surface area contributed by atoms with Crippen molar-refractivity contribution in [3.63, 3.8) is 0 Å². The van der Waals surface area contributed by atoms with Gasteiger partial charge in [0.05, 0.1) is 11.2 Å². The maximum atomic E-state index is 6.31. The van der Waals surface area contributed by atoms with Crippen LogP contribution in [-0.4, -0.2) is 48.2 Å². The van der Waals surface area contributed by atoms with Crippen molar-refractivity contribution in [2.45, 2.75) is 114 Å². The van der Waals surface area contributed by atoms with Gasteiger partial charge in [-0.3, -0.25) is 0 Å². The van der Waals surface area contributed by atoms with Gasteiger partial charge in [0.25, 0.3) is 0 Å². The SMILES string of the molecule is CC1(C)OB(c2ccc3c(c2)-c2ccccc2C32CCCCC2)OC1(C)C.Clc1cccc(-c2ccc(-c3nc(-c4ccccc4)nc(-c4ccccc4)n3)cc2)c1.c1ccc(-c2nc(-c3ccccc3)nc(-c3ccc(-c4cccc(-c5ccc6c(c5)-c5ccccc5C65CCCCC5)c4)cc3)n2)cc1. The summed E-state index contributed by atoms with van der Waals surface area (Å²) in [6, 6.07) is 106. The second-order valence-corrected chi connectivity index (χ2v) is 30.3. The molecule has 14 aromatic rings. The average molecular weight is 1400 g/mol. The van der Waals surface area contributed by atoms with E-state index in [-0.39, 0.29) is 29.2 Å². The fourth-order valence-electron chi connectivity index (χ4n) is 16.7. The summed E-state index contributed by atoms with van der Waals surface area (Å²) >= 11 is 6.15. The topological polar surface area (TPSA) is 95.8 Å². The molecule has 2 saturated carbocycles. The molecule has 2 aromatic heterocycles. The van der Waals surface area contributed by atoms with Gasteiger partial charge in [0.1, 0.15) is 0 Å². The summed E-state index contributed by atoms with van der Waals surface area (Å²) in [5.74, 6) is 3.96. The number of aromatic nitrogens is 6. The Hall–Kier alpha value is -11.1. The lowest BCUT2D eigenvalue weighted by molar-refractivity contribution is 0.00578. The third-order valence-electron chi connectivity index (χ3n) is 22.9. The van der Waals surface area contributed by atoms with E-state index in [0.29, 0.717) is 34.9 Å². The highest BCUT2D eigenvalue weighted by atomic mass is 35.5. The highest BCUT2D eigenvalue weighted by Gasteiger charge is 2.53. The van der Waals surface area contributed by atoms with Gasteiger partial charge >= 0.3 is 7.12 Å². The molecule has 1 aliphatic heterocycles. The van der Waals surface area contributed by atoms with Gasteiger partial charge in [-0.2, -0.15) is 0 Å². The summed E-state index contributed by atoms with van der Waals surface area (Å²) in [4.78, 5) is 28.9. The monoisotopic (exact) mass is 1400 g/mol. The average Bonchev–Trinajstić information content (AvgIpc) is 1.57. The molecule has 106 heavy (non-hydrogen) atoms. The first-order chi connectivity index (χ1) is 51.8. The zero-order valence-corrected chi connectivity index (χ0v) is 61.1. The van der Waals surface area contributed by atoms with Gasteiger partial charge in [-0.05, 0) is 161 Å². The summed E-state index contributed by atoms with van der Waals surface area (Å²) < 4.78 is 12.6. The van der Waals surface area contributed by atoms with E-state index >= 15 is 0 Å². The van der Waals surface area contributed by atoms with Crippen molar-refractivity contribution in [3.05, 3.63) is 331 Å². The van der Waals surface area contributed by atoms with Crippen molar-refractivity contribution in [2.75, 3.05) is 0 Å². The summed E-state index contributed by atoms with van der Waals surface area (Å²) in [7, 11) is -0.296. The smallest absolute Gasteiger partial charge is 0.399 e. The van der Waals surface area contributed by atoms with E-state index in [2.05, 4.69) is 173 Å². The Labute approximate surface area is 627 Å². The Morgan fingerprint density at radius 2 is 0.547 bits per heavy atom. The number of rotatable bonds is 10. The van der Waals surface area contributed by atoms with Crippen LogP contribution in [0.15, 0.2) is 303 Å². The lowest BCUT2D eigenvalue weighted by Crippen LogP contribution is -2.41. The molecule has 8 nitrogen and oxygen atoms in total. The van der Waals surface area contributed by atoms with Crippen LogP contribution >= 0.6 is 11.6 Å². The van der Waals surface area contributed by atoms with Crippen molar-refractivity contribution in [1.82, 2.24) is 29.9 Å². The minimum atomic E-state index is -0.306. The maximum Gasteiger partial charge on any atom is 0.494 e. The summed E-state index contributed by atoms with van der Waals surface area (Å²) in [5.41, 5.74) is 25.4. The summed E-state index contributed by atoms with van der Waals surface area (Å²) in [6.07, 6.45) is 13.0. The minimum Gasteiger partial charge on any atom is -0.399 e. The normalized spacial score (nSPS) is 15.8. The van der Waals surface area contributed by atoms with Crippen molar-refractivity contribution < 1.29 is 9.31 Å². The predicted molar refractivity (Wildman–Crippen MR) is 434 cm³/mol. The summed E-state index contributed by atoms with van der Waals surface area (Å²) in [5, 5.41) is 0.721. The van der Waals surface area contributed by atoms with E-state index in [4.69, 9.17) is 50.8 Å². The lowest BCUT2D eigenvalue weighted by atomic mass is 9.67. The fourth-order valence-corrected chi connectivity index (χ4v) is 16.9. The van der Waals surface area contributed by atoms with Crippen LogP contribution in [0.2, 0.25) is 5.02 Å². The van der Waals surface area contributed by atoms with Gasteiger partial charge in [-0.25, -0.2) is 29.9 Å². The van der Waals surface area contributed by atoms with Crippen molar-refractivity contribution in [2.24, 2.45) is 0 Å². The molecular weight excluding hydrogens is 1320 g/mol. The molecule has 2 spiro atoms. The zero-order valence-electron chi connectivity index (χ0n) is 60.4. The molecule has 3 heterocycles. The first-order valence-electron chi connectivity index (χ1n) is 37.5. The molecule has 12 aromatic carbocycles. The van der Waals surface area contributed by atoms with Gasteiger partial charge < -0.3 is 9.31 Å². The lowest BCUT2D eigenvalue weighted by Gasteiger charge is -2.36. The van der Waals surface area contributed by atoms with E-state index in [1.807, 2.05) is 158 Å². The van der Waals surface area contributed by atoms with Crippen LogP contribution in [0.5, 0.6) is 0 Å². The van der Waals surface area contributed by atoms with E-state index in [0.717, 1.165) is 60.6 Å². The Balaban J connectivity index is 0.000000124. The molecule has 19 rings (SSSR count). The van der Waals surface area contributed by atoms with Gasteiger partial charge in [-0.1, -0.05) is 329 Å². The van der Waals surface area contributed by atoms with E-state index < -0.39 is 0 Å². The highest BCUT2D eigenvalue weighted by molar-refractivity contribution is 6.62. The Morgan fingerprint density at radius 1 is 0.255 bits per heavy atom. The Morgan fingerprint density at radius 3 is 0.953 bits per heavy atom. The van der Waals surface area contributed by atoms with Gasteiger partial charge in [0.15, 0.2) is 34.9 Å². The number of benzene rings is 12. The van der Waals surface area contributed by atoms with Crippen LogP contribution in [0.1, 0.15) is 114 Å². The van der Waals surface area contributed by atoms with Crippen LogP contribution < -0.4 is 5.46 Å². The summed E-state index contributed by atoms with van der Waals surface area (Å²) in [6.45, 7) is 8.47. The van der Waals surface area contributed by atoms with Crippen LogP contribution in [0.25, 0.3) is 124 Å². The number of halogens is 1. The highest BCUT2D eigenvalue weighted by Crippen LogP contribution is 2.58. The zero-order chi connectivity index (χ0) is 71.8. The molecule has 0 bridgehead atoms. The molecule has 0 amide bonds. The first kappa shape index (κ1) is 68.1. The molecule has 1 saturated heterocycles. The van der Waals surface area contributed by atoms with Crippen LogP contribution in [0.4, 0.5) is 0 Å². The molecule has 0 unspecified atom stereocenters. The molecule has 3 fully saturated rings. The van der Waals surface area contributed by atoms with Crippen LogP contribution in [-0.2, 0) is 20.1 Å². The van der Waals surface area contributed by atoms with E-state index in [1.165, 1.54) is 125 Å². The molecule has 10 heteroatoms.